The number of H-pyrrole nitrogens is 1. The maximum Gasteiger partial charge on any atom is 0.338 e. The third-order valence-electron chi connectivity index (χ3n) is 4.03. The van der Waals surface area contributed by atoms with Crippen LogP contribution in [0.1, 0.15) is 46.9 Å². The Bertz CT molecular complexity index is 640. The molecule has 0 fully saturated rings. The molecule has 100 valence electrons. The van der Waals surface area contributed by atoms with E-state index in [9.17, 15) is 4.79 Å². The van der Waals surface area contributed by atoms with Crippen LogP contribution in [-0.4, -0.2) is 17.6 Å². The highest BCUT2D eigenvalue weighted by molar-refractivity contribution is 5.98. The van der Waals surface area contributed by atoms with Crippen molar-refractivity contribution in [3.05, 3.63) is 34.5 Å². The fourth-order valence-electron chi connectivity index (χ4n) is 3.05. The number of benzene rings is 1. The van der Waals surface area contributed by atoms with Gasteiger partial charge in [0.25, 0.3) is 0 Å². The number of hydrogen-bond acceptors (Lipinski definition) is 2. The van der Waals surface area contributed by atoms with Crippen LogP contribution in [0.25, 0.3) is 10.9 Å². The zero-order chi connectivity index (χ0) is 13.4. The summed E-state index contributed by atoms with van der Waals surface area (Å²) in [5.74, 6) is -0.227. The summed E-state index contributed by atoms with van der Waals surface area (Å²) in [6.07, 6.45) is 4.79. The second-order valence-electron chi connectivity index (χ2n) is 5.17. The molecule has 1 aliphatic carbocycles. The number of ether oxygens (including phenoxy) is 1. The average Bonchev–Trinajstić information content (AvgIpc) is 2.79. The SMILES string of the molecule is CCOC(=O)c1ccc2c3c([nH]c2c1C)CCCC3. The fraction of sp³-hybridized carbons (Fsp3) is 0.438. The van der Waals surface area contributed by atoms with Gasteiger partial charge < -0.3 is 9.72 Å². The number of hydrogen-bond donors (Lipinski definition) is 1. The number of rotatable bonds is 2. The quantitative estimate of drug-likeness (QED) is 0.836. The summed E-state index contributed by atoms with van der Waals surface area (Å²) in [7, 11) is 0. The van der Waals surface area contributed by atoms with Gasteiger partial charge in [0.2, 0.25) is 0 Å². The summed E-state index contributed by atoms with van der Waals surface area (Å²) < 4.78 is 5.11. The molecule has 1 N–H and O–H groups in total. The molecule has 0 bridgehead atoms. The van der Waals surface area contributed by atoms with Crippen LogP contribution in [-0.2, 0) is 17.6 Å². The number of aromatic amines is 1. The van der Waals surface area contributed by atoms with Gasteiger partial charge in [0.15, 0.2) is 0 Å². The van der Waals surface area contributed by atoms with Crippen LogP contribution in [0.2, 0.25) is 0 Å². The summed E-state index contributed by atoms with van der Waals surface area (Å²) in [5.41, 5.74) is 5.58. The Morgan fingerprint density at radius 3 is 2.89 bits per heavy atom. The van der Waals surface area contributed by atoms with Crippen molar-refractivity contribution in [1.29, 1.82) is 0 Å². The van der Waals surface area contributed by atoms with E-state index < -0.39 is 0 Å². The van der Waals surface area contributed by atoms with Crippen molar-refractivity contribution < 1.29 is 9.53 Å². The minimum atomic E-state index is -0.227. The summed E-state index contributed by atoms with van der Waals surface area (Å²) in [4.78, 5) is 15.4. The molecule has 19 heavy (non-hydrogen) atoms. The number of fused-ring (bicyclic) bond motifs is 3. The lowest BCUT2D eigenvalue weighted by molar-refractivity contribution is 0.0525. The number of aryl methyl sites for hydroxylation is 3. The van der Waals surface area contributed by atoms with Crippen molar-refractivity contribution in [2.45, 2.75) is 39.5 Å². The summed E-state index contributed by atoms with van der Waals surface area (Å²) in [6.45, 7) is 4.24. The lowest BCUT2D eigenvalue weighted by Gasteiger charge is -2.10. The molecular weight excluding hydrogens is 238 g/mol. The molecule has 0 radical (unpaired) electrons. The molecule has 0 unspecified atom stereocenters. The van der Waals surface area contributed by atoms with Gasteiger partial charge >= 0.3 is 5.97 Å². The van der Waals surface area contributed by atoms with Gasteiger partial charge in [-0.2, -0.15) is 0 Å². The maximum atomic E-state index is 11.9. The van der Waals surface area contributed by atoms with Gasteiger partial charge in [0.1, 0.15) is 0 Å². The Morgan fingerprint density at radius 2 is 2.11 bits per heavy atom. The van der Waals surface area contributed by atoms with Crippen molar-refractivity contribution >= 4 is 16.9 Å². The number of carbonyl (C=O) groups is 1. The second-order valence-corrected chi connectivity index (χ2v) is 5.17. The standard InChI is InChI=1S/C16H19NO2/c1-3-19-16(18)11-8-9-13-12-6-4-5-7-14(12)17-15(13)10(11)2/h8-9,17H,3-7H2,1-2H3. The minimum absolute atomic E-state index is 0.227. The Labute approximate surface area is 113 Å². The molecule has 1 aromatic carbocycles. The maximum absolute atomic E-state index is 11.9. The van der Waals surface area contributed by atoms with Crippen LogP contribution in [0, 0.1) is 6.92 Å². The first-order valence-electron chi connectivity index (χ1n) is 7.02. The van der Waals surface area contributed by atoms with E-state index in [1.807, 2.05) is 19.9 Å². The highest BCUT2D eigenvalue weighted by Gasteiger charge is 2.19. The van der Waals surface area contributed by atoms with Crippen molar-refractivity contribution in [2.75, 3.05) is 6.61 Å². The highest BCUT2D eigenvalue weighted by atomic mass is 16.5. The Hall–Kier alpha value is -1.77. The third-order valence-corrected chi connectivity index (χ3v) is 4.03. The van der Waals surface area contributed by atoms with E-state index in [0.29, 0.717) is 12.2 Å². The number of esters is 1. The molecule has 1 aromatic heterocycles. The first-order valence-corrected chi connectivity index (χ1v) is 7.02. The summed E-state index contributed by atoms with van der Waals surface area (Å²) >= 11 is 0. The van der Waals surface area contributed by atoms with Crippen LogP contribution in [0.3, 0.4) is 0 Å². The molecule has 0 amide bonds. The molecule has 3 nitrogen and oxygen atoms in total. The monoisotopic (exact) mass is 257 g/mol. The first-order chi connectivity index (χ1) is 9.22. The van der Waals surface area contributed by atoms with Gasteiger partial charge in [-0.25, -0.2) is 4.79 Å². The van der Waals surface area contributed by atoms with E-state index in [2.05, 4.69) is 11.1 Å². The molecule has 0 spiro atoms. The molecule has 1 heterocycles. The molecule has 0 atom stereocenters. The van der Waals surface area contributed by atoms with Gasteiger partial charge in [-0.3, -0.25) is 0 Å². The zero-order valence-electron chi connectivity index (χ0n) is 11.5. The van der Waals surface area contributed by atoms with E-state index in [-0.39, 0.29) is 5.97 Å². The number of carbonyl (C=O) groups excluding carboxylic acids is 1. The van der Waals surface area contributed by atoms with Crippen molar-refractivity contribution in [3.8, 4) is 0 Å². The van der Waals surface area contributed by atoms with Crippen LogP contribution >= 0.6 is 0 Å². The average molecular weight is 257 g/mol. The molecule has 0 saturated heterocycles. The molecule has 2 aromatic rings. The molecule has 0 saturated carbocycles. The highest BCUT2D eigenvalue weighted by Crippen LogP contribution is 2.32. The van der Waals surface area contributed by atoms with E-state index in [4.69, 9.17) is 4.74 Å². The smallest absolute Gasteiger partial charge is 0.338 e. The van der Waals surface area contributed by atoms with Crippen LogP contribution in [0.5, 0.6) is 0 Å². The van der Waals surface area contributed by atoms with E-state index in [0.717, 1.165) is 23.9 Å². The van der Waals surface area contributed by atoms with E-state index >= 15 is 0 Å². The van der Waals surface area contributed by atoms with Crippen molar-refractivity contribution in [1.82, 2.24) is 4.98 Å². The first kappa shape index (κ1) is 12.3. The largest absolute Gasteiger partial charge is 0.462 e. The zero-order valence-corrected chi connectivity index (χ0v) is 11.5. The van der Waals surface area contributed by atoms with Crippen molar-refractivity contribution in [3.63, 3.8) is 0 Å². The topological polar surface area (TPSA) is 42.1 Å². The van der Waals surface area contributed by atoms with E-state index in [1.165, 1.54) is 29.5 Å². The third kappa shape index (κ3) is 1.93. The Morgan fingerprint density at radius 1 is 1.32 bits per heavy atom. The Balaban J connectivity index is 2.14. The molecule has 3 rings (SSSR count). The Kier molecular flexibility index (Phi) is 3.05. The second kappa shape index (κ2) is 4.72. The van der Waals surface area contributed by atoms with Crippen LogP contribution in [0.15, 0.2) is 12.1 Å². The lowest BCUT2D eigenvalue weighted by atomic mass is 9.94. The minimum Gasteiger partial charge on any atom is -0.462 e. The van der Waals surface area contributed by atoms with E-state index in [1.54, 1.807) is 0 Å². The fourth-order valence-corrected chi connectivity index (χ4v) is 3.05. The predicted molar refractivity (Wildman–Crippen MR) is 75.6 cm³/mol. The van der Waals surface area contributed by atoms with Gasteiger partial charge in [0.05, 0.1) is 12.2 Å². The van der Waals surface area contributed by atoms with Gasteiger partial charge in [-0.1, -0.05) is 6.07 Å². The number of nitrogens with one attached hydrogen (secondary N) is 1. The molecule has 0 aliphatic heterocycles. The predicted octanol–water partition coefficient (Wildman–Crippen LogP) is 3.53. The van der Waals surface area contributed by atoms with Gasteiger partial charge in [0, 0.05) is 16.6 Å². The molecular formula is C16H19NO2. The van der Waals surface area contributed by atoms with Crippen LogP contribution in [0.4, 0.5) is 0 Å². The molecule has 3 heteroatoms. The normalized spacial score (nSPS) is 14.4. The molecule has 1 aliphatic rings. The summed E-state index contributed by atoms with van der Waals surface area (Å²) in [6, 6.07) is 3.97. The van der Waals surface area contributed by atoms with Gasteiger partial charge in [-0.05, 0) is 56.7 Å². The lowest BCUT2D eigenvalue weighted by Crippen LogP contribution is -2.06. The van der Waals surface area contributed by atoms with Crippen molar-refractivity contribution in [2.24, 2.45) is 0 Å². The van der Waals surface area contributed by atoms with Gasteiger partial charge in [-0.15, -0.1) is 0 Å². The summed E-state index contributed by atoms with van der Waals surface area (Å²) in [5, 5.41) is 1.28. The van der Waals surface area contributed by atoms with Crippen LogP contribution < -0.4 is 0 Å². The number of aromatic nitrogens is 1.